The fourth-order valence-corrected chi connectivity index (χ4v) is 2.46. The molecule has 0 saturated heterocycles. The van der Waals surface area contributed by atoms with Gasteiger partial charge in [0.25, 0.3) is 0 Å². The molecule has 0 aliphatic carbocycles. The van der Waals surface area contributed by atoms with Crippen molar-refractivity contribution in [1.82, 2.24) is 9.97 Å². The van der Waals surface area contributed by atoms with E-state index in [-0.39, 0.29) is 0 Å². The van der Waals surface area contributed by atoms with Crippen molar-refractivity contribution in [3.8, 4) is 17.2 Å². The van der Waals surface area contributed by atoms with E-state index in [0.717, 1.165) is 16.6 Å². The highest BCUT2D eigenvalue weighted by Gasteiger charge is 2.14. The first-order valence-corrected chi connectivity index (χ1v) is 7.23. The number of ether oxygens (including phenoxy) is 3. The molecule has 0 atom stereocenters. The Kier molecular flexibility index (Phi) is 4.24. The van der Waals surface area contributed by atoms with Crippen LogP contribution in [0, 0.1) is 0 Å². The average Bonchev–Trinajstić information content (AvgIpc) is 2.61. The first-order chi connectivity index (χ1) is 11.7. The van der Waals surface area contributed by atoms with Crippen LogP contribution in [-0.2, 0) is 0 Å². The topological polar surface area (TPSA) is 91.5 Å². The van der Waals surface area contributed by atoms with Gasteiger partial charge in [-0.15, -0.1) is 0 Å². The lowest BCUT2D eigenvalue weighted by Gasteiger charge is -2.15. The zero-order valence-corrected chi connectivity index (χ0v) is 13.7. The first kappa shape index (κ1) is 15.7. The minimum atomic E-state index is 0.530. The van der Waals surface area contributed by atoms with Gasteiger partial charge < -0.3 is 25.3 Å². The monoisotopic (exact) mass is 326 g/mol. The van der Waals surface area contributed by atoms with Gasteiger partial charge in [0.15, 0.2) is 11.5 Å². The van der Waals surface area contributed by atoms with E-state index in [4.69, 9.17) is 19.9 Å². The van der Waals surface area contributed by atoms with Gasteiger partial charge in [0, 0.05) is 28.9 Å². The number of nitrogens with zero attached hydrogens (tertiary/aromatic N) is 2. The standard InChI is InChI=1S/C17H18N4O3/c1-22-14-7-11(8-15(23-2)16(14)24-3)21-17-12-6-10(18)4-5-13(12)19-9-20-17/h4-9H,18H2,1-3H3,(H,19,20,21). The number of benzene rings is 2. The van der Waals surface area contributed by atoms with Crippen molar-refractivity contribution in [2.45, 2.75) is 0 Å². The first-order valence-electron chi connectivity index (χ1n) is 7.23. The Bertz CT molecular complexity index is 858. The number of methoxy groups -OCH3 is 3. The summed E-state index contributed by atoms with van der Waals surface area (Å²) in [5.41, 5.74) is 8.06. The quantitative estimate of drug-likeness (QED) is 0.696. The van der Waals surface area contributed by atoms with Gasteiger partial charge in [-0.2, -0.15) is 0 Å². The fraction of sp³-hybridized carbons (Fsp3) is 0.176. The van der Waals surface area contributed by atoms with Crippen molar-refractivity contribution in [2.24, 2.45) is 0 Å². The van der Waals surface area contributed by atoms with Gasteiger partial charge in [0.05, 0.1) is 26.8 Å². The molecule has 7 heteroatoms. The van der Waals surface area contributed by atoms with Crippen LogP contribution >= 0.6 is 0 Å². The molecular formula is C17H18N4O3. The molecule has 24 heavy (non-hydrogen) atoms. The van der Waals surface area contributed by atoms with E-state index in [1.54, 1.807) is 27.4 Å². The van der Waals surface area contributed by atoms with Crippen molar-refractivity contribution < 1.29 is 14.2 Å². The van der Waals surface area contributed by atoms with Crippen molar-refractivity contribution in [2.75, 3.05) is 32.4 Å². The van der Waals surface area contributed by atoms with Gasteiger partial charge in [-0.1, -0.05) is 0 Å². The Morgan fingerprint density at radius 1 is 0.917 bits per heavy atom. The minimum absolute atomic E-state index is 0.530. The van der Waals surface area contributed by atoms with Crippen LogP contribution in [0.3, 0.4) is 0 Å². The summed E-state index contributed by atoms with van der Waals surface area (Å²) in [6.45, 7) is 0. The maximum atomic E-state index is 5.88. The second-order valence-electron chi connectivity index (χ2n) is 5.04. The van der Waals surface area contributed by atoms with E-state index >= 15 is 0 Å². The predicted molar refractivity (Wildman–Crippen MR) is 93.3 cm³/mol. The SMILES string of the molecule is COc1cc(Nc2ncnc3ccc(N)cc23)cc(OC)c1OC. The third kappa shape index (κ3) is 2.83. The lowest BCUT2D eigenvalue weighted by molar-refractivity contribution is 0.324. The molecule has 2 aromatic carbocycles. The van der Waals surface area contributed by atoms with Crippen LogP contribution < -0.4 is 25.3 Å². The molecule has 0 saturated carbocycles. The molecule has 124 valence electrons. The zero-order chi connectivity index (χ0) is 17.1. The number of nitrogen functional groups attached to an aromatic ring is 1. The smallest absolute Gasteiger partial charge is 0.203 e. The van der Waals surface area contributed by atoms with Crippen LogP contribution in [-0.4, -0.2) is 31.3 Å². The highest BCUT2D eigenvalue weighted by Crippen LogP contribution is 2.40. The minimum Gasteiger partial charge on any atom is -0.493 e. The highest BCUT2D eigenvalue weighted by molar-refractivity contribution is 5.92. The lowest BCUT2D eigenvalue weighted by Crippen LogP contribution is -2.00. The van der Waals surface area contributed by atoms with Gasteiger partial charge in [-0.05, 0) is 18.2 Å². The average molecular weight is 326 g/mol. The Hall–Kier alpha value is -3.22. The summed E-state index contributed by atoms with van der Waals surface area (Å²) in [4.78, 5) is 8.55. The van der Waals surface area contributed by atoms with Gasteiger partial charge in [0.2, 0.25) is 5.75 Å². The zero-order valence-electron chi connectivity index (χ0n) is 13.7. The van der Waals surface area contributed by atoms with Crippen molar-refractivity contribution >= 4 is 28.1 Å². The summed E-state index contributed by atoms with van der Waals surface area (Å²) in [5.74, 6) is 2.28. The molecule has 3 rings (SSSR count). The Morgan fingerprint density at radius 2 is 1.62 bits per heavy atom. The van der Waals surface area contributed by atoms with Crippen LogP contribution in [0.5, 0.6) is 17.2 Å². The molecule has 0 unspecified atom stereocenters. The number of nitrogens with one attached hydrogen (secondary N) is 1. The number of nitrogens with two attached hydrogens (primary N) is 1. The van der Waals surface area contributed by atoms with E-state index in [2.05, 4.69) is 15.3 Å². The molecule has 0 bridgehead atoms. The second kappa shape index (κ2) is 6.49. The highest BCUT2D eigenvalue weighted by atomic mass is 16.5. The third-order valence-corrected chi connectivity index (χ3v) is 3.59. The van der Waals surface area contributed by atoms with Gasteiger partial charge >= 0.3 is 0 Å². The Morgan fingerprint density at radius 3 is 2.25 bits per heavy atom. The lowest BCUT2D eigenvalue weighted by atomic mass is 10.2. The maximum Gasteiger partial charge on any atom is 0.203 e. The molecule has 0 aliphatic rings. The number of hydrogen-bond donors (Lipinski definition) is 2. The fourth-order valence-electron chi connectivity index (χ4n) is 2.46. The van der Waals surface area contributed by atoms with Crippen LogP contribution in [0.25, 0.3) is 10.9 Å². The molecule has 0 radical (unpaired) electrons. The summed E-state index contributed by atoms with van der Waals surface area (Å²) in [6.07, 6.45) is 1.50. The van der Waals surface area contributed by atoms with E-state index in [1.807, 2.05) is 24.3 Å². The largest absolute Gasteiger partial charge is 0.493 e. The molecule has 3 aromatic rings. The summed E-state index contributed by atoms with van der Waals surface area (Å²) in [7, 11) is 4.71. The van der Waals surface area contributed by atoms with E-state index < -0.39 is 0 Å². The van der Waals surface area contributed by atoms with Crippen LogP contribution in [0.4, 0.5) is 17.2 Å². The maximum absolute atomic E-state index is 5.88. The van der Waals surface area contributed by atoms with Gasteiger partial charge in [0.1, 0.15) is 12.1 Å². The number of fused-ring (bicyclic) bond motifs is 1. The molecule has 0 aliphatic heterocycles. The predicted octanol–water partition coefficient (Wildman–Crippen LogP) is 2.98. The van der Waals surface area contributed by atoms with Crippen LogP contribution in [0.15, 0.2) is 36.7 Å². The third-order valence-electron chi connectivity index (χ3n) is 3.59. The van der Waals surface area contributed by atoms with E-state index in [9.17, 15) is 0 Å². The number of anilines is 3. The molecular weight excluding hydrogens is 308 g/mol. The van der Waals surface area contributed by atoms with Crippen molar-refractivity contribution in [3.05, 3.63) is 36.7 Å². The second-order valence-corrected chi connectivity index (χ2v) is 5.04. The van der Waals surface area contributed by atoms with Crippen LogP contribution in [0.1, 0.15) is 0 Å². The Labute approximate surface area is 139 Å². The molecule has 3 N–H and O–H groups in total. The van der Waals surface area contributed by atoms with Crippen molar-refractivity contribution in [1.29, 1.82) is 0 Å². The molecule has 1 heterocycles. The summed E-state index contributed by atoms with van der Waals surface area (Å²) in [5, 5.41) is 4.08. The van der Waals surface area contributed by atoms with Gasteiger partial charge in [-0.3, -0.25) is 0 Å². The normalized spacial score (nSPS) is 10.5. The molecule has 1 aromatic heterocycles. The van der Waals surface area contributed by atoms with Crippen molar-refractivity contribution in [3.63, 3.8) is 0 Å². The number of aromatic nitrogens is 2. The van der Waals surface area contributed by atoms with E-state index in [1.165, 1.54) is 6.33 Å². The van der Waals surface area contributed by atoms with Crippen LogP contribution in [0.2, 0.25) is 0 Å². The summed E-state index contributed by atoms with van der Waals surface area (Å²) in [6, 6.07) is 9.10. The summed E-state index contributed by atoms with van der Waals surface area (Å²) < 4.78 is 16.1. The summed E-state index contributed by atoms with van der Waals surface area (Å²) >= 11 is 0. The molecule has 0 fully saturated rings. The number of hydrogen-bond acceptors (Lipinski definition) is 7. The Balaban J connectivity index is 2.07. The molecule has 0 amide bonds. The number of rotatable bonds is 5. The molecule has 0 spiro atoms. The van der Waals surface area contributed by atoms with E-state index in [0.29, 0.717) is 28.8 Å². The molecule has 7 nitrogen and oxygen atoms in total. The van der Waals surface area contributed by atoms with Gasteiger partial charge in [-0.25, -0.2) is 9.97 Å².